The largest absolute Gasteiger partial charge is 0.496 e. The van der Waals surface area contributed by atoms with Crippen molar-refractivity contribution in [1.82, 2.24) is 14.6 Å². The van der Waals surface area contributed by atoms with Gasteiger partial charge in [-0.2, -0.15) is 0 Å². The third-order valence-electron chi connectivity index (χ3n) is 4.61. The third kappa shape index (κ3) is 3.34. The zero-order valence-electron chi connectivity index (χ0n) is 15.4. The summed E-state index contributed by atoms with van der Waals surface area (Å²) in [6, 6.07) is 14.7. The minimum absolute atomic E-state index is 0.262. The van der Waals surface area contributed by atoms with Crippen LogP contribution in [0.3, 0.4) is 0 Å². The van der Waals surface area contributed by atoms with Crippen molar-refractivity contribution in [3.63, 3.8) is 0 Å². The lowest BCUT2D eigenvalue weighted by Gasteiger charge is -2.14. The van der Waals surface area contributed by atoms with Crippen molar-refractivity contribution < 1.29 is 9.13 Å². The molecular formula is C20H18ClFN4OSi. The molecule has 4 rings (SSSR count). The lowest BCUT2D eigenvalue weighted by atomic mass is 10.1. The highest BCUT2D eigenvalue weighted by atomic mass is 35.5. The van der Waals surface area contributed by atoms with Crippen LogP contribution in [0.2, 0.25) is 5.02 Å². The maximum atomic E-state index is 14.2. The number of hydrogen-bond donors (Lipinski definition) is 1. The van der Waals surface area contributed by atoms with Crippen molar-refractivity contribution in [2.24, 2.45) is 0 Å². The number of nitrogens with zero attached hydrogens (tertiary/aromatic N) is 3. The Balaban J connectivity index is 1.70. The predicted molar refractivity (Wildman–Crippen MR) is 113 cm³/mol. The minimum Gasteiger partial charge on any atom is -0.496 e. The molecule has 1 N–H and O–H groups in total. The maximum absolute atomic E-state index is 14.2. The Hall–Kier alpha value is -2.90. The van der Waals surface area contributed by atoms with Crippen molar-refractivity contribution in [2.45, 2.75) is 6.54 Å². The maximum Gasteiger partial charge on any atom is 0.170 e. The number of halogens is 2. The molecule has 0 spiro atoms. The molecule has 0 bridgehead atoms. The highest BCUT2D eigenvalue weighted by Crippen LogP contribution is 2.31. The Labute approximate surface area is 169 Å². The van der Waals surface area contributed by atoms with E-state index in [1.165, 1.54) is 18.4 Å². The Morgan fingerprint density at radius 1 is 1.18 bits per heavy atom. The number of aromatic nitrogens is 3. The molecule has 28 heavy (non-hydrogen) atoms. The van der Waals surface area contributed by atoms with Gasteiger partial charge in [-0.3, -0.25) is 4.40 Å². The molecule has 0 saturated carbocycles. The van der Waals surface area contributed by atoms with Crippen LogP contribution in [0.1, 0.15) is 5.56 Å². The second-order valence-electron chi connectivity index (χ2n) is 6.41. The highest BCUT2D eigenvalue weighted by molar-refractivity contribution is 6.38. The van der Waals surface area contributed by atoms with Crippen molar-refractivity contribution in [2.75, 3.05) is 12.4 Å². The zero-order valence-corrected chi connectivity index (χ0v) is 18.2. The molecule has 2 heterocycles. The molecule has 2 aromatic carbocycles. The van der Waals surface area contributed by atoms with Crippen molar-refractivity contribution in [1.29, 1.82) is 0 Å². The van der Waals surface area contributed by atoms with Crippen LogP contribution >= 0.6 is 11.6 Å². The van der Waals surface area contributed by atoms with Crippen LogP contribution < -0.4 is 15.2 Å². The van der Waals surface area contributed by atoms with Gasteiger partial charge in [0, 0.05) is 38.5 Å². The van der Waals surface area contributed by atoms with E-state index in [1.54, 1.807) is 18.5 Å². The van der Waals surface area contributed by atoms with E-state index < -0.39 is 0 Å². The normalized spacial score (nSPS) is 11.1. The van der Waals surface area contributed by atoms with Gasteiger partial charge < -0.3 is 10.1 Å². The number of pyridine rings is 1. The van der Waals surface area contributed by atoms with Gasteiger partial charge in [0.05, 0.1) is 7.11 Å². The number of anilines is 1. The van der Waals surface area contributed by atoms with Gasteiger partial charge in [-0.25, -0.2) is 4.39 Å². The molecule has 0 aliphatic carbocycles. The fourth-order valence-electron chi connectivity index (χ4n) is 3.19. The lowest BCUT2D eigenvalue weighted by Crippen LogP contribution is -2.07. The zero-order chi connectivity index (χ0) is 19.7. The Bertz CT molecular complexity index is 1160. The number of hydrogen-bond acceptors (Lipinski definition) is 4. The Morgan fingerprint density at radius 3 is 2.79 bits per heavy atom. The lowest BCUT2D eigenvalue weighted by molar-refractivity contribution is 0.405. The van der Waals surface area contributed by atoms with E-state index in [-0.39, 0.29) is 12.4 Å². The fourth-order valence-corrected chi connectivity index (χ4v) is 4.16. The van der Waals surface area contributed by atoms with E-state index in [9.17, 15) is 4.39 Å². The van der Waals surface area contributed by atoms with Gasteiger partial charge in [0.2, 0.25) is 0 Å². The van der Waals surface area contributed by atoms with Crippen molar-refractivity contribution in [3.05, 3.63) is 71.3 Å². The molecule has 2 aromatic heterocycles. The number of rotatable bonds is 5. The summed E-state index contributed by atoms with van der Waals surface area (Å²) in [4.78, 5) is 0. The van der Waals surface area contributed by atoms with Gasteiger partial charge in [-0.05, 0) is 30.3 Å². The van der Waals surface area contributed by atoms with Crippen LogP contribution in [0.15, 0.2) is 54.9 Å². The summed E-state index contributed by atoms with van der Waals surface area (Å²) >= 11 is 6.46. The topological polar surface area (TPSA) is 51.5 Å². The molecule has 0 unspecified atom stereocenters. The molecule has 5 nitrogen and oxygen atoms in total. The smallest absolute Gasteiger partial charge is 0.170 e. The molecule has 142 valence electrons. The third-order valence-corrected chi connectivity index (χ3v) is 5.55. The average molecular weight is 413 g/mol. The van der Waals surface area contributed by atoms with Crippen LogP contribution in [0, 0.1) is 5.82 Å². The van der Waals surface area contributed by atoms with E-state index in [0.717, 1.165) is 27.2 Å². The standard InChI is InChI=1S/C20H18ClFN4OSi/c1-27-18-4-2-3-17(22)15(18)10-23-19-8-7-14(20-25-24-11-26(19)20)13-6-5-12(28)9-16(13)21/h2-9,11,23H,10H2,1,28H3. The fraction of sp³-hybridized carbons (Fsp3) is 0.100. The summed E-state index contributed by atoms with van der Waals surface area (Å²) in [5.74, 6) is 0.919. The molecule has 8 heteroatoms. The Kier molecular flexibility index (Phi) is 5.02. The molecule has 0 radical (unpaired) electrons. The minimum atomic E-state index is -0.321. The molecule has 0 atom stereocenters. The average Bonchev–Trinajstić information content (AvgIpc) is 3.17. The van der Waals surface area contributed by atoms with Gasteiger partial charge in [0.1, 0.15) is 23.7 Å². The quantitative estimate of drug-likeness (QED) is 0.512. The van der Waals surface area contributed by atoms with Crippen LogP contribution in [0.25, 0.3) is 16.8 Å². The second kappa shape index (κ2) is 7.61. The van der Waals surface area contributed by atoms with Crippen LogP contribution in [0.4, 0.5) is 10.2 Å². The molecule has 0 amide bonds. The molecule has 4 aromatic rings. The monoisotopic (exact) mass is 412 g/mol. The SMILES string of the molecule is COc1cccc(F)c1CNc1ccc(-c2ccc([SiH3])cc2Cl)c2nncn12. The summed E-state index contributed by atoms with van der Waals surface area (Å²) in [6.45, 7) is 0.262. The summed E-state index contributed by atoms with van der Waals surface area (Å²) in [5.41, 5.74) is 2.93. The van der Waals surface area contributed by atoms with E-state index >= 15 is 0 Å². The molecule has 0 fully saturated rings. The van der Waals surface area contributed by atoms with Gasteiger partial charge in [0.15, 0.2) is 5.65 Å². The number of nitrogens with one attached hydrogen (secondary N) is 1. The van der Waals surface area contributed by atoms with Gasteiger partial charge >= 0.3 is 0 Å². The predicted octanol–water partition coefficient (Wildman–Crippen LogP) is 2.80. The molecule has 0 aliphatic rings. The number of fused-ring (bicyclic) bond motifs is 1. The number of ether oxygens (including phenoxy) is 1. The van der Waals surface area contributed by atoms with Gasteiger partial charge in [0.25, 0.3) is 0 Å². The summed E-state index contributed by atoms with van der Waals surface area (Å²) in [5, 5.41) is 13.4. The first-order valence-corrected chi connectivity index (χ1v) is 10.1. The van der Waals surface area contributed by atoms with E-state index in [2.05, 4.69) is 21.6 Å². The Morgan fingerprint density at radius 2 is 2.00 bits per heavy atom. The van der Waals surface area contributed by atoms with E-state index in [0.29, 0.717) is 22.0 Å². The summed E-state index contributed by atoms with van der Waals surface area (Å²) < 4.78 is 21.3. The van der Waals surface area contributed by atoms with Crippen molar-refractivity contribution in [3.8, 4) is 16.9 Å². The first kappa shape index (κ1) is 18.5. The summed E-state index contributed by atoms with van der Waals surface area (Å²) in [7, 11) is 2.47. The van der Waals surface area contributed by atoms with Gasteiger partial charge in [-0.15, -0.1) is 10.2 Å². The first-order chi connectivity index (χ1) is 13.6. The summed E-state index contributed by atoms with van der Waals surface area (Å²) in [6.07, 6.45) is 1.62. The van der Waals surface area contributed by atoms with E-state index in [4.69, 9.17) is 16.3 Å². The van der Waals surface area contributed by atoms with Crippen LogP contribution in [-0.2, 0) is 6.54 Å². The van der Waals surface area contributed by atoms with Crippen LogP contribution in [-0.4, -0.2) is 32.0 Å². The second-order valence-corrected chi connectivity index (χ2v) is 7.98. The first-order valence-electron chi connectivity index (χ1n) is 8.73. The van der Waals surface area contributed by atoms with Crippen molar-refractivity contribution >= 4 is 38.5 Å². The van der Waals surface area contributed by atoms with Crippen LogP contribution in [0.5, 0.6) is 5.75 Å². The molecule has 0 aliphatic heterocycles. The van der Waals surface area contributed by atoms with Gasteiger partial charge in [-0.1, -0.05) is 35.0 Å². The highest BCUT2D eigenvalue weighted by Gasteiger charge is 2.14. The molecule has 0 saturated heterocycles. The van der Waals surface area contributed by atoms with E-state index in [1.807, 2.05) is 28.7 Å². The number of methoxy groups -OCH3 is 1. The number of benzene rings is 2. The molecular weight excluding hydrogens is 395 g/mol.